The molecule has 32 heavy (non-hydrogen) atoms. The maximum atomic E-state index is 13.2. The van der Waals surface area contributed by atoms with Crippen molar-refractivity contribution >= 4 is 22.4 Å². The van der Waals surface area contributed by atoms with Crippen LogP contribution in [0.15, 0.2) is 71.5 Å². The number of rotatable bonds is 6. The number of carbonyl (C=O) groups is 1. The number of nitrogens with one attached hydrogen (secondary N) is 1. The molecule has 0 aliphatic carbocycles. The molecule has 1 heterocycles. The summed E-state index contributed by atoms with van der Waals surface area (Å²) in [6, 6.07) is 20.0. The monoisotopic (exact) mass is 429 g/mol. The third kappa shape index (κ3) is 3.92. The van der Waals surface area contributed by atoms with Gasteiger partial charge in [-0.05, 0) is 48.9 Å². The smallest absolute Gasteiger partial charge is 0.276 e. The second kappa shape index (κ2) is 8.93. The number of anilines is 1. The highest BCUT2D eigenvalue weighted by Gasteiger charge is 2.17. The van der Waals surface area contributed by atoms with Gasteiger partial charge < -0.3 is 14.8 Å². The van der Waals surface area contributed by atoms with Crippen molar-refractivity contribution in [1.29, 1.82) is 0 Å². The first-order valence-corrected chi connectivity index (χ1v) is 10.2. The van der Waals surface area contributed by atoms with Gasteiger partial charge in [-0.3, -0.25) is 9.59 Å². The molecule has 162 valence electrons. The van der Waals surface area contributed by atoms with Crippen LogP contribution in [0.1, 0.15) is 17.4 Å². The first kappa shape index (κ1) is 21.1. The fourth-order valence-electron chi connectivity index (χ4n) is 3.59. The van der Waals surface area contributed by atoms with Gasteiger partial charge in [0, 0.05) is 23.2 Å². The lowest BCUT2D eigenvalue weighted by Gasteiger charge is -2.13. The summed E-state index contributed by atoms with van der Waals surface area (Å²) in [7, 11) is 3.22. The minimum atomic E-state index is -0.394. The number of carbonyl (C=O) groups excluding carboxylic acids is 1. The predicted molar refractivity (Wildman–Crippen MR) is 125 cm³/mol. The van der Waals surface area contributed by atoms with Crippen LogP contribution in [0.4, 0.5) is 5.69 Å². The van der Waals surface area contributed by atoms with Gasteiger partial charge in [-0.15, -0.1) is 0 Å². The molecular weight excluding hydrogens is 406 g/mol. The Bertz CT molecular complexity index is 1340. The molecule has 0 aliphatic rings. The van der Waals surface area contributed by atoms with Crippen LogP contribution < -0.4 is 20.3 Å². The molecule has 7 nitrogen and oxygen atoms in total. The number of hydrogen-bond acceptors (Lipinski definition) is 5. The second-order valence-corrected chi connectivity index (χ2v) is 7.11. The lowest BCUT2D eigenvalue weighted by molar-refractivity contribution is 0.102. The quantitative estimate of drug-likeness (QED) is 0.493. The van der Waals surface area contributed by atoms with Crippen molar-refractivity contribution in [3.8, 4) is 22.6 Å². The zero-order chi connectivity index (χ0) is 22.7. The normalized spacial score (nSPS) is 10.7. The Morgan fingerprint density at radius 3 is 2.34 bits per heavy atom. The van der Waals surface area contributed by atoms with Crippen molar-refractivity contribution in [3.63, 3.8) is 0 Å². The Hall–Kier alpha value is -4.13. The third-order valence-electron chi connectivity index (χ3n) is 5.24. The van der Waals surface area contributed by atoms with E-state index in [-0.39, 0.29) is 11.3 Å². The van der Waals surface area contributed by atoms with Crippen molar-refractivity contribution < 1.29 is 14.3 Å². The number of fused-ring (bicyclic) bond motifs is 1. The van der Waals surface area contributed by atoms with E-state index in [4.69, 9.17) is 9.47 Å². The number of nitrogens with zero attached hydrogens (tertiary/aromatic N) is 2. The zero-order valence-corrected chi connectivity index (χ0v) is 18.1. The molecule has 0 fully saturated rings. The summed E-state index contributed by atoms with van der Waals surface area (Å²) >= 11 is 0. The minimum absolute atomic E-state index is 0.198. The van der Waals surface area contributed by atoms with E-state index >= 15 is 0 Å². The van der Waals surface area contributed by atoms with Crippen LogP contribution in [-0.4, -0.2) is 29.9 Å². The fraction of sp³-hybridized carbons (Fsp3) is 0.160. The van der Waals surface area contributed by atoms with Crippen LogP contribution in [0.25, 0.3) is 21.9 Å². The van der Waals surface area contributed by atoms with Crippen molar-refractivity contribution in [2.24, 2.45) is 0 Å². The van der Waals surface area contributed by atoms with Gasteiger partial charge in [-0.1, -0.05) is 30.3 Å². The van der Waals surface area contributed by atoms with Gasteiger partial charge in [-0.25, -0.2) is 4.68 Å². The van der Waals surface area contributed by atoms with Crippen LogP contribution in [-0.2, 0) is 6.54 Å². The Labute approximate surface area is 185 Å². The molecule has 0 spiro atoms. The summed E-state index contributed by atoms with van der Waals surface area (Å²) in [4.78, 5) is 25.7. The molecule has 0 aliphatic heterocycles. The van der Waals surface area contributed by atoms with E-state index in [1.54, 1.807) is 50.6 Å². The average molecular weight is 429 g/mol. The highest BCUT2D eigenvalue weighted by molar-refractivity contribution is 6.11. The molecule has 4 aromatic rings. The van der Waals surface area contributed by atoms with E-state index < -0.39 is 5.91 Å². The number of benzene rings is 3. The second-order valence-electron chi connectivity index (χ2n) is 7.11. The molecule has 1 N–H and O–H groups in total. The van der Waals surface area contributed by atoms with Gasteiger partial charge in [0.2, 0.25) is 0 Å². The predicted octanol–water partition coefficient (Wildman–Crippen LogP) is 4.35. The summed E-state index contributed by atoms with van der Waals surface area (Å²) < 4.78 is 12.0. The van der Waals surface area contributed by atoms with Crippen LogP contribution in [0.2, 0.25) is 0 Å². The van der Waals surface area contributed by atoms with Crippen LogP contribution in [0, 0.1) is 0 Å². The molecule has 0 radical (unpaired) electrons. The van der Waals surface area contributed by atoms with Gasteiger partial charge >= 0.3 is 0 Å². The SMILES string of the molecule is CCn1nc(C(=O)Nc2ccc(OC)c(-c3ccc(OC)cc3)c2)c2ccccc2c1=O. The maximum absolute atomic E-state index is 13.2. The Balaban J connectivity index is 1.73. The fourth-order valence-corrected chi connectivity index (χ4v) is 3.59. The van der Waals surface area contributed by atoms with Gasteiger partial charge in [0.1, 0.15) is 11.5 Å². The van der Waals surface area contributed by atoms with Crippen LogP contribution in [0.3, 0.4) is 0 Å². The van der Waals surface area contributed by atoms with E-state index in [1.807, 2.05) is 37.3 Å². The summed E-state index contributed by atoms with van der Waals surface area (Å²) in [6.07, 6.45) is 0. The topological polar surface area (TPSA) is 82.5 Å². The van der Waals surface area contributed by atoms with Crippen molar-refractivity contribution in [3.05, 3.63) is 82.8 Å². The molecule has 4 rings (SSSR count). The Kier molecular flexibility index (Phi) is 5.89. The lowest BCUT2D eigenvalue weighted by atomic mass is 10.0. The summed E-state index contributed by atoms with van der Waals surface area (Å²) in [5, 5.41) is 8.19. The first-order valence-electron chi connectivity index (χ1n) is 10.2. The largest absolute Gasteiger partial charge is 0.497 e. The molecule has 0 saturated heterocycles. The molecule has 0 bridgehead atoms. The molecule has 7 heteroatoms. The molecule has 0 unspecified atom stereocenters. The summed E-state index contributed by atoms with van der Waals surface area (Å²) in [6.45, 7) is 2.18. The number of aromatic nitrogens is 2. The van der Waals surface area contributed by atoms with E-state index in [0.29, 0.717) is 28.8 Å². The van der Waals surface area contributed by atoms with Crippen LogP contribution >= 0.6 is 0 Å². The van der Waals surface area contributed by atoms with Crippen molar-refractivity contribution in [2.45, 2.75) is 13.5 Å². The molecule has 3 aromatic carbocycles. The van der Waals surface area contributed by atoms with Crippen molar-refractivity contribution in [1.82, 2.24) is 9.78 Å². The van der Waals surface area contributed by atoms with E-state index in [2.05, 4.69) is 10.4 Å². The van der Waals surface area contributed by atoms with E-state index in [1.165, 1.54) is 4.68 Å². The molecule has 0 saturated carbocycles. The third-order valence-corrected chi connectivity index (χ3v) is 5.24. The average Bonchev–Trinajstić information content (AvgIpc) is 2.84. The Morgan fingerprint density at radius 2 is 1.69 bits per heavy atom. The Morgan fingerprint density at radius 1 is 0.969 bits per heavy atom. The summed E-state index contributed by atoms with van der Waals surface area (Å²) in [5.41, 5.74) is 2.31. The molecule has 1 amide bonds. The summed E-state index contributed by atoms with van der Waals surface area (Å²) in [5.74, 6) is 1.03. The highest BCUT2D eigenvalue weighted by Crippen LogP contribution is 2.33. The van der Waals surface area contributed by atoms with Gasteiger partial charge in [0.15, 0.2) is 5.69 Å². The van der Waals surface area contributed by atoms with Gasteiger partial charge in [0.25, 0.3) is 11.5 Å². The molecule has 0 atom stereocenters. The van der Waals surface area contributed by atoms with Crippen molar-refractivity contribution in [2.75, 3.05) is 19.5 Å². The van der Waals surface area contributed by atoms with Gasteiger partial charge in [0.05, 0.1) is 19.6 Å². The van der Waals surface area contributed by atoms with E-state index in [9.17, 15) is 9.59 Å². The molecule has 1 aromatic heterocycles. The minimum Gasteiger partial charge on any atom is -0.497 e. The first-order chi connectivity index (χ1) is 15.5. The van der Waals surface area contributed by atoms with Crippen LogP contribution in [0.5, 0.6) is 11.5 Å². The highest BCUT2D eigenvalue weighted by atomic mass is 16.5. The lowest BCUT2D eigenvalue weighted by Crippen LogP contribution is -2.27. The zero-order valence-electron chi connectivity index (χ0n) is 18.1. The number of methoxy groups -OCH3 is 2. The standard InChI is InChI=1S/C25H23N3O4/c1-4-28-25(30)20-8-6-5-7-19(20)23(27-28)24(29)26-17-11-14-22(32-3)21(15-17)16-9-12-18(31-2)13-10-16/h5-15H,4H2,1-3H3,(H,26,29). The van der Waals surface area contributed by atoms with Gasteiger partial charge in [-0.2, -0.15) is 5.10 Å². The van der Waals surface area contributed by atoms with E-state index in [0.717, 1.165) is 16.9 Å². The number of ether oxygens (including phenoxy) is 2. The maximum Gasteiger partial charge on any atom is 0.276 e. The molecular formula is C25H23N3O4. The number of amides is 1. The number of aryl methyl sites for hydroxylation is 1. The number of hydrogen-bond donors (Lipinski definition) is 1.